The molecule has 23 heavy (non-hydrogen) atoms. The summed E-state index contributed by atoms with van der Waals surface area (Å²) in [6, 6.07) is 0. The van der Waals surface area contributed by atoms with Crippen LogP contribution in [0.3, 0.4) is 0 Å². The van der Waals surface area contributed by atoms with Crippen molar-refractivity contribution in [2.45, 2.75) is 24.4 Å². The lowest BCUT2D eigenvalue weighted by atomic mass is 9.99. The normalized spacial score (nSPS) is 23.7. The Kier molecular flexibility index (Phi) is 4.53. The van der Waals surface area contributed by atoms with E-state index in [9.17, 15) is 0 Å². The topological polar surface area (TPSA) is 41.9 Å². The van der Waals surface area contributed by atoms with Gasteiger partial charge >= 0.3 is 0 Å². The van der Waals surface area contributed by atoms with E-state index in [1.54, 1.807) is 11.8 Å². The number of thioether (sulfide) groups is 1. The summed E-state index contributed by atoms with van der Waals surface area (Å²) < 4.78 is 0.836. The number of hydrogen-bond acceptors (Lipinski definition) is 5. The van der Waals surface area contributed by atoms with Crippen molar-refractivity contribution >= 4 is 74.3 Å². The molecular weight excluding hydrogens is 466 g/mol. The molecule has 2 atom stereocenters. The lowest BCUT2D eigenvalue weighted by Gasteiger charge is -2.33. The molecule has 2 unspecified atom stereocenters. The van der Waals surface area contributed by atoms with E-state index in [1.807, 2.05) is 6.26 Å². The second kappa shape index (κ2) is 6.35. The van der Waals surface area contributed by atoms with Gasteiger partial charge in [-0.1, -0.05) is 35.0 Å². The number of hydrogen-bond donors (Lipinski definition) is 0. The van der Waals surface area contributed by atoms with Gasteiger partial charge in [0.15, 0.2) is 5.16 Å². The van der Waals surface area contributed by atoms with Gasteiger partial charge in [-0.15, -0.1) is 0 Å². The predicted molar refractivity (Wildman–Crippen MR) is 105 cm³/mol. The smallest absolute Gasteiger partial charge is 0.189 e. The molecule has 0 spiro atoms. The lowest BCUT2D eigenvalue weighted by molar-refractivity contribution is 0.419. The minimum Gasteiger partial charge on any atom is -0.355 e. The van der Waals surface area contributed by atoms with Crippen molar-refractivity contribution in [2.75, 3.05) is 24.2 Å². The Labute approximate surface area is 162 Å². The van der Waals surface area contributed by atoms with Gasteiger partial charge in [0.2, 0.25) is 0 Å². The molecule has 2 aromatic heterocycles. The molecule has 2 aliphatic rings. The highest BCUT2D eigenvalue weighted by Crippen LogP contribution is 2.41. The van der Waals surface area contributed by atoms with Gasteiger partial charge < -0.3 is 4.90 Å². The van der Waals surface area contributed by atoms with Gasteiger partial charge in [-0.2, -0.15) is 0 Å². The maximum Gasteiger partial charge on any atom is 0.189 e. The zero-order valence-corrected chi connectivity index (χ0v) is 17.0. The van der Waals surface area contributed by atoms with Gasteiger partial charge in [-0.3, -0.25) is 0 Å². The monoisotopic (exact) mass is 480 g/mol. The average Bonchev–Trinajstić information content (AvgIpc) is 2.89. The third kappa shape index (κ3) is 2.89. The number of halogens is 3. The number of rotatable bonds is 2. The number of fused-ring (bicyclic) bond motifs is 3. The molecule has 1 saturated carbocycles. The highest BCUT2D eigenvalue weighted by atomic mass is 127. The quantitative estimate of drug-likeness (QED) is 0.265. The van der Waals surface area contributed by atoms with Gasteiger partial charge in [-0.05, 0) is 59.9 Å². The molecule has 2 fully saturated rings. The molecule has 8 heteroatoms. The van der Waals surface area contributed by atoms with Crippen LogP contribution in [0, 0.1) is 15.4 Å². The summed E-state index contributed by atoms with van der Waals surface area (Å²) in [5.41, 5.74) is 0.808. The van der Waals surface area contributed by atoms with Crippen LogP contribution in [0.1, 0.15) is 19.3 Å². The van der Waals surface area contributed by atoms with Crippen LogP contribution in [0.4, 0.5) is 5.82 Å². The Morgan fingerprint density at radius 1 is 1.09 bits per heavy atom. The number of piperidine rings is 1. The summed E-state index contributed by atoms with van der Waals surface area (Å²) in [6.07, 6.45) is 6.00. The zero-order chi connectivity index (χ0) is 16.1. The molecule has 1 saturated heterocycles. The fraction of sp³-hybridized carbons (Fsp3) is 0.533. The first-order chi connectivity index (χ1) is 11.1. The van der Waals surface area contributed by atoms with Crippen molar-refractivity contribution in [3.8, 4) is 0 Å². The minimum absolute atomic E-state index is 0.394. The van der Waals surface area contributed by atoms with E-state index in [1.165, 1.54) is 19.3 Å². The van der Waals surface area contributed by atoms with Crippen LogP contribution in [-0.2, 0) is 0 Å². The molecule has 3 heterocycles. The van der Waals surface area contributed by atoms with E-state index in [4.69, 9.17) is 28.2 Å². The van der Waals surface area contributed by atoms with Gasteiger partial charge in [-0.25, -0.2) is 15.0 Å². The third-order valence-corrected chi connectivity index (χ3v) is 7.19. The summed E-state index contributed by atoms with van der Waals surface area (Å²) in [6.45, 7) is 2.10. The predicted octanol–water partition coefficient (Wildman–Crippen LogP) is 4.89. The van der Waals surface area contributed by atoms with Gasteiger partial charge in [0.05, 0.1) is 14.5 Å². The summed E-state index contributed by atoms with van der Waals surface area (Å²) in [5, 5.41) is 2.38. The first-order valence-corrected chi connectivity index (χ1v) is 10.6. The van der Waals surface area contributed by atoms with Crippen molar-refractivity contribution in [3.63, 3.8) is 0 Å². The Balaban J connectivity index is 1.92. The van der Waals surface area contributed by atoms with Gasteiger partial charge in [0.1, 0.15) is 16.1 Å². The van der Waals surface area contributed by atoms with Crippen LogP contribution < -0.4 is 4.90 Å². The molecule has 4 rings (SSSR count). The van der Waals surface area contributed by atoms with E-state index in [0.29, 0.717) is 10.3 Å². The minimum atomic E-state index is 0.394. The zero-order valence-electron chi connectivity index (χ0n) is 12.5. The second-order valence-corrected chi connectivity index (χ2v) is 8.78. The molecule has 1 aliphatic carbocycles. The van der Waals surface area contributed by atoms with Crippen LogP contribution in [-0.4, -0.2) is 34.3 Å². The van der Waals surface area contributed by atoms with Crippen molar-refractivity contribution in [1.82, 2.24) is 15.0 Å². The summed E-state index contributed by atoms with van der Waals surface area (Å²) >= 11 is 16.4. The fourth-order valence-corrected chi connectivity index (χ4v) is 5.11. The average molecular weight is 481 g/mol. The molecule has 0 amide bonds. The highest BCUT2D eigenvalue weighted by Gasteiger charge is 2.34. The number of aromatic nitrogens is 3. The van der Waals surface area contributed by atoms with Crippen LogP contribution in [0.5, 0.6) is 0 Å². The Hall–Kier alpha value is -0.0500. The van der Waals surface area contributed by atoms with Crippen molar-refractivity contribution < 1.29 is 0 Å². The molecule has 0 radical (unpaired) electrons. The van der Waals surface area contributed by atoms with E-state index < -0.39 is 0 Å². The van der Waals surface area contributed by atoms with Crippen molar-refractivity contribution in [1.29, 1.82) is 0 Å². The first kappa shape index (κ1) is 16.4. The Bertz CT molecular complexity index is 776. The van der Waals surface area contributed by atoms with Crippen LogP contribution >= 0.6 is 57.6 Å². The van der Waals surface area contributed by atoms with Crippen LogP contribution in [0.2, 0.25) is 10.3 Å². The second-order valence-electron chi connectivity index (χ2n) is 6.22. The molecule has 122 valence electrons. The molecule has 2 bridgehead atoms. The summed E-state index contributed by atoms with van der Waals surface area (Å²) in [4.78, 5) is 16.1. The fourth-order valence-electron chi connectivity index (χ4n) is 3.77. The van der Waals surface area contributed by atoms with Crippen molar-refractivity contribution in [2.24, 2.45) is 11.8 Å². The number of nitrogens with zero attached hydrogens (tertiary/aromatic N) is 4. The van der Waals surface area contributed by atoms with E-state index in [2.05, 4.69) is 37.5 Å². The van der Waals surface area contributed by atoms with E-state index >= 15 is 0 Å². The standard InChI is InChI=1S/C15H15Cl2IN4S/c1-23-15-19-11-9(12(16)20-13(17)10(11)18)14(21-15)22-5-7-2-3-8(4-7)6-22/h7-8H,2-6H2,1H3. The molecule has 0 N–H and O–H groups in total. The Morgan fingerprint density at radius 3 is 2.43 bits per heavy atom. The van der Waals surface area contributed by atoms with Crippen LogP contribution in [0.25, 0.3) is 10.9 Å². The van der Waals surface area contributed by atoms with Crippen LogP contribution in [0.15, 0.2) is 5.16 Å². The maximum absolute atomic E-state index is 6.43. The van der Waals surface area contributed by atoms with Gasteiger partial charge in [0, 0.05) is 13.1 Å². The number of anilines is 1. The maximum atomic E-state index is 6.43. The van der Waals surface area contributed by atoms with E-state index in [0.717, 1.165) is 50.4 Å². The number of pyridine rings is 1. The van der Waals surface area contributed by atoms with E-state index in [-0.39, 0.29) is 0 Å². The van der Waals surface area contributed by atoms with Crippen molar-refractivity contribution in [3.05, 3.63) is 13.9 Å². The first-order valence-electron chi connectivity index (χ1n) is 7.58. The third-order valence-electron chi connectivity index (χ3n) is 4.75. The lowest BCUT2D eigenvalue weighted by Crippen LogP contribution is -2.37. The molecule has 1 aliphatic heterocycles. The Morgan fingerprint density at radius 2 is 1.78 bits per heavy atom. The molecule has 4 nitrogen and oxygen atoms in total. The highest BCUT2D eigenvalue weighted by molar-refractivity contribution is 14.1. The summed E-state index contributed by atoms with van der Waals surface area (Å²) in [5.74, 6) is 2.47. The molecule has 2 aromatic rings. The SMILES string of the molecule is CSc1nc(N2CC3CCC(C3)C2)c2c(Cl)nc(Cl)c(I)c2n1. The molecule has 0 aromatic carbocycles. The largest absolute Gasteiger partial charge is 0.355 e. The summed E-state index contributed by atoms with van der Waals surface area (Å²) in [7, 11) is 0. The van der Waals surface area contributed by atoms with Gasteiger partial charge in [0.25, 0.3) is 0 Å². The molecular formula is C15H15Cl2IN4S.